The maximum absolute atomic E-state index is 13.8. The summed E-state index contributed by atoms with van der Waals surface area (Å²) >= 11 is 0. The molecule has 0 aliphatic heterocycles. The van der Waals surface area contributed by atoms with Gasteiger partial charge in [-0.25, -0.2) is 9.69 Å². The third-order valence-corrected chi connectivity index (χ3v) is 6.00. The summed E-state index contributed by atoms with van der Waals surface area (Å²) < 4.78 is 61.5. The Morgan fingerprint density at radius 2 is 1.62 bits per heavy atom. The first-order valence-electron chi connectivity index (χ1n) is 9.91. The van der Waals surface area contributed by atoms with Crippen LogP contribution in [0.3, 0.4) is 0 Å². The highest BCUT2D eigenvalue weighted by atomic mass is 32.2. The zero-order valence-corrected chi connectivity index (χ0v) is 20.3. The molecule has 0 saturated carbocycles. The lowest BCUT2D eigenvalue weighted by Crippen LogP contribution is -2.44. The Kier molecular flexibility index (Phi) is 9.39. The van der Waals surface area contributed by atoms with Gasteiger partial charge in [-0.1, -0.05) is 6.07 Å². The molecule has 2 aromatic rings. The van der Waals surface area contributed by atoms with Crippen molar-refractivity contribution < 1.29 is 41.8 Å². The fourth-order valence-electron chi connectivity index (χ4n) is 3.12. The van der Waals surface area contributed by atoms with Gasteiger partial charge in [-0.05, 0) is 30.8 Å². The van der Waals surface area contributed by atoms with Crippen LogP contribution in [0.4, 0.5) is 8.78 Å². The molecule has 0 bridgehead atoms. The smallest absolute Gasteiger partial charge is 0.401 e. The number of likely N-dealkylation sites (N-methyl/N-ethyl adjacent to an activating group) is 1. The number of hydrogen-bond donors (Lipinski definition) is 1. The van der Waals surface area contributed by atoms with Gasteiger partial charge in [0.15, 0.2) is 0 Å². The van der Waals surface area contributed by atoms with Gasteiger partial charge in [0, 0.05) is 29.6 Å². The van der Waals surface area contributed by atoms with Crippen molar-refractivity contribution in [3.05, 3.63) is 52.4 Å². The second-order valence-corrected chi connectivity index (χ2v) is 8.44. The Morgan fingerprint density at radius 1 is 1.03 bits per heavy atom. The van der Waals surface area contributed by atoms with Crippen LogP contribution in [0, 0.1) is 0 Å². The van der Waals surface area contributed by atoms with E-state index in [0.717, 1.165) is 7.05 Å². The van der Waals surface area contributed by atoms with Crippen molar-refractivity contribution in [2.45, 2.75) is 18.3 Å². The molecule has 0 spiro atoms. The number of benzene rings is 2. The van der Waals surface area contributed by atoms with Crippen LogP contribution in [0.5, 0.6) is 23.0 Å². The van der Waals surface area contributed by atoms with Gasteiger partial charge in [0.25, 0.3) is 0 Å². The largest absolute Gasteiger partial charge is 0.496 e. The summed E-state index contributed by atoms with van der Waals surface area (Å²) in [5.41, 5.74) is 1.51. The molecule has 186 valence electrons. The van der Waals surface area contributed by atoms with E-state index >= 15 is 0 Å². The third-order valence-electron chi connectivity index (χ3n) is 4.94. The zero-order chi connectivity index (χ0) is 25.5. The van der Waals surface area contributed by atoms with Gasteiger partial charge in [-0.15, -0.1) is 0 Å². The Hall–Kier alpha value is -3.18. The molecule has 0 aromatic heterocycles. The minimum atomic E-state index is -4.05. The molecule has 34 heavy (non-hydrogen) atoms. The van der Waals surface area contributed by atoms with Crippen LogP contribution in [-0.4, -0.2) is 61.7 Å². The van der Waals surface area contributed by atoms with E-state index in [1.807, 2.05) is 0 Å². The van der Waals surface area contributed by atoms with Crippen molar-refractivity contribution in [3.63, 3.8) is 0 Å². The van der Waals surface area contributed by atoms with Crippen LogP contribution in [0.25, 0.3) is 6.08 Å². The number of hydrogen-bond acceptors (Lipinski definition) is 7. The summed E-state index contributed by atoms with van der Waals surface area (Å²) in [5, 5.41) is 10.2. The summed E-state index contributed by atoms with van der Waals surface area (Å²) in [4.78, 5) is 11.2. The van der Waals surface area contributed by atoms with Gasteiger partial charge in [0.05, 0.1) is 50.6 Å². The summed E-state index contributed by atoms with van der Waals surface area (Å²) in [6.07, 6.45) is 1.61. The van der Waals surface area contributed by atoms with Gasteiger partial charge in [0.2, 0.25) is 0 Å². The molecule has 0 heterocycles. The average Bonchev–Trinajstić information content (AvgIpc) is 2.82. The number of rotatable bonds is 12. The predicted molar refractivity (Wildman–Crippen MR) is 124 cm³/mol. The fraction of sp³-hybridized carbons (Fsp3) is 0.348. The number of carboxylic acids is 1. The first-order valence-corrected chi connectivity index (χ1v) is 11.3. The van der Waals surface area contributed by atoms with Crippen LogP contribution in [0.1, 0.15) is 16.7 Å². The summed E-state index contributed by atoms with van der Waals surface area (Å²) in [7, 11) is 5.40. The molecule has 8 nitrogen and oxygen atoms in total. The van der Waals surface area contributed by atoms with Crippen LogP contribution in [0.2, 0.25) is 0 Å². The quantitative estimate of drug-likeness (QED) is 0.442. The highest BCUT2D eigenvalue weighted by molar-refractivity contribution is 7.87. The summed E-state index contributed by atoms with van der Waals surface area (Å²) in [5.74, 6) is -0.368. The molecule has 0 fully saturated rings. The number of ether oxygens (including phenoxy) is 4. The number of alkyl halides is 2. The van der Waals surface area contributed by atoms with E-state index in [-0.39, 0.29) is 12.3 Å². The molecule has 0 aliphatic carbocycles. The van der Waals surface area contributed by atoms with E-state index in [2.05, 4.69) is 0 Å². The van der Waals surface area contributed by atoms with E-state index in [1.54, 1.807) is 36.4 Å². The molecule has 1 N–H and O–H groups in total. The van der Waals surface area contributed by atoms with Crippen LogP contribution in [0.15, 0.2) is 35.7 Å². The first kappa shape index (κ1) is 27.1. The molecule has 0 amide bonds. The lowest BCUT2D eigenvalue weighted by molar-refractivity contribution is -0.194. The van der Waals surface area contributed by atoms with Crippen molar-refractivity contribution in [1.82, 2.24) is 4.90 Å². The lowest BCUT2D eigenvalue weighted by atomic mass is 10.1. The fourth-order valence-corrected chi connectivity index (χ4v) is 4.01. The van der Waals surface area contributed by atoms with Crippen molar-refractivity contribution in [3.8, 4) is 23.0 Å². The second kappa shape index (κ2) is 11.8. The van der Waals surface area contributed by atoms with E-state index in [1.165, 1.54) is 33.8 Å². The Balaban J connectivity index is 2.25. The molecule has 2 rings (SSSR count). The van der Waals surface area contributed by atoms with Crippen molar-refractivity contribution in [2.75, 3.05) is 35.5 Å². The van der Waals surface area contributed by atoms with Crippen LogP contribution < -0.4 is 18.9 Å². The normalized spacial score (nSPS) is 12.6. The van der Waals surface area contributed by atoms with Gasteiger partial charge in [0.1, 0.15) is 23.0 Å². The number of methoxy groups -OCH3 is 4. The number of aliphatic carboxylic acids is 1. The summed E-state index contributed by atoms with van der Waals surface area (Å²) in [6, 6.07) is 4.08. The Labute approximate surface area is 199 Å². The Bertz CT molecular complexity index is 1050. The topological polar surface area (TPSA) is 94.5 Å². The van der Waals surface area contributed by atoms with Gasteiger partial charge < -0.3 is 24.1 Å². The van der Waals surface area contributed by atoms with Crippen molar-refractivity contribution in [2.24, 2.45) is 0 Å². The molecular weight excluding hydrogens is 472 g/mol. The lowest BCUT2D eigenvalue weighted by Gasteiger charge is -2.24. The number of nitrogens with zero attached hydrogens (tertiary/aromatic N) is 1. The van der Waals surface area contributed by atoms with Crippen LogP contribution in [-0.2, 0) is 27.9 Å². The van der Waals surface area contributed by atoms with Crippen molar-refractivity contribution >= 4 is 22.8 Å². The Morgan fingerprint density at radius 3 is 2.12 bits per heavy atom. The number of carbonyl (C=O) groups is 1. The van der Waals surface area contributed by atoms with Crippen molar-refractivity contribution in [1.29, 1.82) is 0 Å². The van der Waals surface area contributed by atoms with E-state index in [9.17, 15) is 17.8 Å². The van der Waals surface area contributed by atoms with Gasteiger partial charge >= 0.3 is 12.0 Å². The highest BCUT2D eigenvalue weighted by Crippen LogP contribution is 2.35. The molecule has 0 radical (unpaired) electrons. The minimum absolute atomic E-state index is 0.0906. The average molecular weight is 500 g/mol. The standard InChI is InChI=1S/C23H27F2NO7S/c1-26(23(24,25)22(27)28)13-16-10-15(6-7-19(16)31-3)14-34(29)9-8-18-20(32-4)11-17(30-2)12-21(18)33-5/h6-12H,13-14H2,1-5H3,(H,27,28)/b9-8+. The van der Waals surface area contributed by atoms with E-state index < -0.39 is 22.8 Å². The molecule has 0 aliphatic rings. The number of carboxylic acid groups (broad SMARTS) is 1. The minimum Gasteiger partial charge on any atom is -0.496 e. The first-order chi connectivity index (χ1) is 16.1. The highest BCUT2D eigenvalue weighted by Gasteiger charge is 2.43. The maximum Gasteiger partial charge on any atom is 0.401 e. The summed E-state index contributed by atoms with van der Waals surface area (Å²) in [6.45, 7) is -0.390. The predicted octanol–water partition coefficient (Wildman–Crippen LogP) is 3.75. The SMILES string of the molecule is COc1cc(OC)c(/C=C/S(=O)Cc2ccc(OC)c(CN(C)C(F)(F)C(=O)O)c2)c(OC)c1. The second-order valence-electron chi connectivity index (χ2n) is 7.12. The monoisotopic (exact) mass is 499 g/mol. The molecule has 11 heteroatoms. The molecule has 2 aromatic carbocycles. The number of halogens is 2. The molecular formula is C23H27F2NO7S. The maximum atomic E-state index is 13.8. The molecule has 0 saturated heterocycles. The van der Waals surface area contributed by atoms with Gasteiger partial charge in [-0.3, -0.25) is 4.21 Å². The zero-order valence-electron chi connectivity index (χ0n) is 19.5. The van der Waals surface area contributed by atoms with E-state index in [4.69, 9.17) is 24.1 Å². The van der Waals surface area contributed by atoms with Gasteiger partial charge in [-0.2, -0.15) is 8.78 Å². The van der Waals surface area contributed by atoms with E-state index in [0.29, 0.717) is 44.6 Å². The molecule has 1 atom stereocenters. The third kappa shape index (κ3) is 6.45. The van der Waals surface area contributed by atoms with Crippen LogP contribution >= 0.6 is 0 Å². The molecule has 1 unspecified atom stereocenters.